The molecule has 0 atom stereocenters. The average Bonchev–Trinajstić information content (AvgIpc) is 2.73. The van der Waals surface area contributed by atoms with Crippen molar-refractivity contribution in [3.63, 3.8) is 0 Å². The lowest BCUT2D eigenvalue weighted by molar-refractivity contribution is 0.628. The zero-order chi connectivity index (χ0) is 12.7. The van der Waals surface area contributed by atoms with Gasteiger partial charge in [-0.3, -0.25) is 0 Å². The zero-order valence-electron chi connectivity index (χ0n) is 9.45. The predicted molar refractivity (Wildman–Crippen MR) is 72.0 cm³/mol. The number of fused-ring (bicyclic) bond motifs is 1. The third-order valence-electron chi connectivity index (χ3n) is 2.56. The second-order valence-corrected chi connectivity index (χ2v) is 4.69. The molecule has 3 nitrogen and oxygen atoms in total. The summed E-state index contributed by atoms with van der Waals surface area (Å²) < 4.78 is 5.71. The van der Waals surface area contributed by atoms with Gasteiger partial charge in [0.2, 0.25) is 0 Å². The quantitative estimate of drug-likeness (QED) is 0.615. The van der Waals surface area contributed by atoms with E-state index in [4.69, 9.17) is 27.6 Å². The largest absolute Gasteiger partial charge is 0.453 e. The van der Waals surface area contributed by atoms with Gasteiger partial charge in [0.05, 0.1) is 5.02 Å². The number of para-hydroxylation sites is 1. The van der Waals surface area contributed by atoms with Gasteiger partial charge < -0.3 is 4.42 Å². The molecule has 0 unspecified atom stereocenters. The number of nitrogens with zero attached hydrogens (tertiary/aromatic N) is 2. The molecule has 0 saturated heterocycles. The van der Waals surface area contributed by atoms with Crippen LogP contribution in [0.3, 0.4) is 0 Å². The van der Waals surface area contributed by atoms with Crippen LogP contribution in [-0.4, -0.2) is 9.97 Å². The van der Waals surface area contributed by atoms with Crippen molar-refractivity contribution in [3.8, 4) is 11.5 Å². The standard InChI is InChI=1S/C13H8Cl2N2O/c1-7-16-10(6-12(15)17-7)11-5-8-3-2-4-9(14)13(8)18-11/h2-6H,1H3. The number of hydrogen-bond donors (Lipinski definition) is 0. The second-order valence-electron chi connectivity index (χ2n) is 3.89. The molecule has 2 heterocycles. The summed E-state index contributed by atoms with van der Waals surface area (Å²) in [4.78, 5) is 8.31. The van der Waals surface area contributed by atoms with Crippen LogP contribution in [0.1, 0.15) is 5.82 Å². The molecule has 0 saturated carbocycles. The fourth-order valence-corrected chi connectivity index (χ4v) is 2.26. The van der Waals surface area contributed by atoms with Crippen LogP contribution >= 0.6 is 23.2 Å². The summed E-state index contributed by atoms with van der Waals surface area (Å²) in [5.41, 5.74) is 1.31. The molecule has 1 aromatic carbocycles. The fraction of sp³-hybridized carbons (Fsp3) is 0.0769. The average molecular weight is 279 g/mol. The van der Waals surface area contributed by atoms with Crippen LogP contribution < -0.4 is 0 Å². The third kappa shape index (κ3) is 1.96. The predicted octanol–water partition coefficient (Wildman–Crippen LogP) is 4.51. The van der Waals surface area contributed by atoms with Crippen LogP contribution in [0.5, 0.6) is 0 Å². The van der Waals surface area contributed by atoms with E-state index in [1.807, 2.05) is 18.2 Å². The fourth-order valence-electron chi connectivity index (χ4n) is 1.81. The van der Waals surface area contributed by atoms with E-state index in [0.717, 1.165) is 5.39 Å². The van der Waals surface area contributed by atoms with Gasteiger partial charge in [-0.15, -0.1) is 0 Å². The highest BCUT2D eigenvalue weighted by Gasteiger charge is 2.11. The van der Waals surface area contributed by atoms with E-state index in [0.29, 0.717) is 33.0 Å². The molecule has 0 spiro atoms. The number of aryl methyl sites for hydroxylation is 1. The van der Waals surface area contributed by atoms with Gasteiger partial charge in [0.1, 0.15) is 16.7 Å². The van der Waals surface area contributed by atoms with Gasteiger partial charge in [-0.2, -0.15) is 0 Å². The van der Waals surface area contributed by atoms with Crippen LogP contribution in [0, 0.1) is 6.92 Å². The Labute approximate surface area is 113 Å². The van der Waals surface area contributed by atoms with Crippen molar-refractivity contribution in [1.29, 1.82) is 0 Å². The Morgan fingerprint density at radius 3 is 2.67 bits per heavy atom. The van der Waals surface area contributed by atoms with Crippen LogP contribution in [0.4, 0.5) is 0 Å². The molecule has 0 bridgehead atoms. The SMILES string of the molecule is Cc1nc(Cl)cc(-c2cc3cccc(Cl)c3o2)n1. The number of aromatic nitrogens is 2. The Balaban J connectivity index is 2.22. The molecule has 0 fully saturated rings. The Kier molecular flexibility index (Phi) is 2.73. The molecule has 2 aromatic heterocycles. The minimum Gasteiger partial charge on any atom is -0.453 e. The summed E-state index contributed by atoms with van der Waals surface area (Å²) in [5.74, 6) is 1.23. The van der Waals surface area contributed by atoms with Crippen molar-refractivity contribution in [2.24, 2.45) is 0 Å². The van der Waals surface area contributed by atoms with E-state index < -0.39 is 0 Å². The molecule has 18 heavy (non-hydrogen) atoms. The van der Waals surface area contributed by atoms with Gasteiger partial charge >= 0.3 is 0 Å². The Morgan fingerprint density at radius 1 is 1.11 bits per heavy atom. The van der Waals surface area contributed by atoms with Crippen molar-refractivity contribution in [2.45, 2.75) is 6.92 Å². The monoisotopic (exact) mass is 278 g/mol. The molecule has 3 aromatic rings. The van der Waals surface area contributed by atoms with Gasteiger partial charge in [0, 0.05) is 11.5 Å². The lowest BCUT2D eigenvalue weighted by atomic mass is 10.2. The third-order valence-corrected chi connectivity index (χ3v) is 3.05. The number of benzene rings is 1. The molecular weight excluding hydrogens is 271 g/mol. The van der Waals surface area contributed by atoms with Crippen LogP contribution in [-0.2, 0) is 0 Å². The smallest absolute Gasteiger partial charge is 0.154 e. The maximum Gasteiger partial charge on any atom is 0.154 e. The van der Waals surface area contributed by atoms with Gasteiger partial charge in [-0.25, -0.2) is 9.97 Å². The topological polar surface area (TPSA) is 38.9 Å². The number of furan rings is 1. The first-order valence-corrected chi connectivity index (χ1v) is 6.09. The number of hydrogen-bond acceptors (Lipinski definition) is 3. The molecule has 90 valence electrons. The Morgan fingerprint density at radius 2 is 1.94 bits per heavy atom. The van der Waals surface area contributed by atoms with Gasteiger partial charge in [0.15, 0.2) is 11.3 Å². The first-order valence-electron chi connectivity index (χ1n) is 5.33. The highest BCUT2D eigenvalue weighted by atomic mass is 35.5. The molecule has 0 radical (unpaired) electrons. The van der Waals surface area contributed by atoms with E-state index in [2.05, 4.69) is 9.97 Å². The Hall–Kier alpha value is -1.58. The van der Waals surface area contributed by atoms with Gasteiger partial charge in [0.25, 0.3) is 0 Å². The van der Waals surface area contributed by atoms with Crippen LogP contribution in [0.15, 0.2) is 34.7 Å². The Bertz CT molecular complexity index is 717. The van der Waals surface area contributed by atoms with Crippen molar-refractivity contribution < 1.29 is 4.42 Å². The molecule has 3 rings (SSSR count). The molecule has 0 aliphatic carbocycles. The molecule has 0 N–H and O–H groups in total. The summed E-state index contributed by atoms with van der Waals surface area (Å²) in [5, 5.41) is 1.91. The maximum atomic E-state index is 6.07. The number of halogens is 2. The maximum absolute atomic E-state index is 6.07. The molecule has 0 aliphatic heterocycles. The van der Waals surface area contributed by atoms with Gasteiger partial charge in [-0.05, 0) is 19.1 Å². The van der Waals surface area contributed by atoms with Crippen LogP contribution in [0.2, 0.25) is 10.2 Å². The summed E-state index contributed by atoms with van der Waals surface area (Å²) in [6, 6.07) is 9.15. The first-order chi connectivity index (χ1) is 8.63. The summed E-state index contributed by atoms with van der Waals surface area (Å²) in [6.07, 6.45) is 0. The van der Waals surface area contributed by atoms with Crippen molar-refractivity contribution in [2.75, 3.05) is 0 Å². The van der Waals surface area contributed by atoms with E-state index in [-0.39, 0.29) is 0 Å². The first kappa shape index (κ1) is 11.5. The molecular formula is C13H8Cl2N2O. The summed E-state index contributed by atoms with van der Waals surface area (Å²) in [6.45, 7) is 1.78. The zero-order valence-corrected chi connectivity index (χ0v) is 11.0. The summed E-state index contributed by atoms with van der Waals surface area (Å²) in [7, 11) is 0. The molecule has 5 heteroatoms. The van der Waals surface area contributed by atoms with Crippen molar-refractivity contribution in [3.05, 3.63) is 46.3 Å². The molecule has 0 amide bonds. The van der Waals surface area contributed by atoms with E-state index in [1.165, 1.54) is 0 Å². The van der Waals surface area contributed by atoms with Crippen molar-refractivity contribution in [1.82, 2.24) is 9.97 Å². The minimum atomic E-state index is 0.393. The molecule has 0 aliphatic rings. The lowest BCUT2D eigenvalue weighted by Crippen LogP contribution is -1.90. The van der Waals surface area contributed by atoms with Gasteiger partial charge in [-0.1, -0.05) is 35.3 Å². The van der Waals surface area contributed by atoms with E-state index >= 15 is 0 Å². The highest BCUT2D eigenvalue weighted by Crippen LogP contribution is 2.31. The minimum absolute atomic E-state index is 0.393. The lowest BCUT2D eigenvalue weighted by Gasteiger charge is -1.98. The summed E-state index contributed by atoms with van der Waals surface area (Å²) >= 11 is 12.0. The number of rotatable bonds is 1. The van der Waals surface area contributed by atoms with E-state index in [1.54, 1.807) is 19.1 Å². The highest BCUT2D eigenvalue weighted by molar-refractivity contribution is 6.34. The van der Waals surface area contributed by atoms with Crippen LogP contribution in [0.25, 0.3) is 22.4 Å². The second kappa shape index (κ2) is 4.26. The van der Waals surface area contributed by atoms with Crippen molar-refractivity contribution >= 4 is 34.2 Å². The van der Waals surface area contributed by atoms with E-state index in [9.17, 15) is 0 Å². The normalized spacial score (nSPS) is 11.1.